The van der Waals surface area contributed by atoms with Crippen molar-refractivity contribution in [2.24, 2.45) is 0 Å². The van der Waals surface area contributed by atoms with Gasteiger partial charge in [0.05, 0.1) is 11.6 Å². The molecular weight excluding hydrogens is 214 g/mol. The van der Waals surface area contributed by atoms with Crippen molar-refractivity contribution < 1.29 is 10.2 Å². The Hall–Kier alpha value is -0.770. The number of aromatic hydroxyl groups is 1. The fourth-order valence-electron chi connectivity index (χ4n) is 2.11. The first kappa shape index (κ1) is 10.7. The van der Waals surface area contributed by atoms with Crippen molar-refractivity contribution in [3.8, 4) is 5.75 Å². The molecule has 0 saturated carbocycles. The second-order valence-corrected chi connectivity index (χ2v) is 4.26. The van der Waals surface area contributed by atoms with Crippen LogP contribution < -0.4 is 5.32 Å². The third-order valence-corrected chi connectivity index (χ3v) is 3.25. The van der Waals surface area contributed by atoms with Gasteiger partial charge in [-0.1, -0.05) is 17.7 Å². The highest BCUT2D eigenvalue weighted by Crippen LogP contribution is 2.32. The molecule has 4 heteroatoms. The first-order chi connectivity index (χ1) is 7.22. The minimum Gasteiger partial charge on any atom is -0.506 e. The maximum Gasteiger partial charge on any atom is 0.134 e. The molecular formula is C11H14ClNO2. The van der Waals surface area contributed by atoms with Gasteiger partial charge in [-0.15, -0.1) is 0 Å². The summed E-state index contributed by atoms with van der Waals surface area (Å²) < 4.78 is 0. The molecule has 2 rings (SSSR count). The third-order valence-electron chi connectivity index (χ3n) is 2.94. The number of aliphatic hydroxyl groups is 1. The molecule has 3 N–H and O–H groups in total. The first-order valence-electron chi connectivity index (χ1n) is 5.05. The number of benzene rings is 1. The van der Waals surface area contributed by atoms with Crippen molar-refractivity contribution >= 4 is 11.6 Å². The number of rotatable bonds is 2. The molecule has 1 aliphatic heterocycles. The van der Waals surface area contributed by atoms with E-state index in [1.54, 1.807) is 12.1 Å². The Morgan fingerprint density at radius 2 is 2.27 bits per heavy atom. The van der Waals surface area contributed by atoms with E-state index in [4.69, 9.17) is 11.6 Å². The van der Waals surface area contributed by atoms with Crippen molar-refractivity contribution in [3.63, 3.8) is 0 Å². The Morgan fingerprint density at radius 1 is 1.47 bits per heavy atom. The number of aliphatic hydroxyl groups excluding tert-OH is 1. The van der Waals surface area contributed by atoms with Crippen LogP contribution in [-0.4, -0.2) is 29.4 Å². The van der Waals surface area contributed by atoms with Crippen LogP contribution in [0.5, 0.6) is 5.75 Å². The number of halogens is 1. The quantitative estimate of drug-likeness (QED) is 0.718. The SMILES string of the molecule is OCC1NCCC1c1ccc(O)c(Cl)c1. The lowest BCUT2D eigenvalue weighted by atomic mass is 9.92. The predicted octanol–water partition coefficient (Wildman–Crippen LogP) is 1.48. The van der Waals surface area contributed by atoms with Crippen molar-refractivity contribution in [1.29, 1.82) is 0 Å². The summed E-state index contributed by atoms with van der Waals surface area (Å²) in [6, 6.07) is 5.34. The van der Waals surface area contributed by atoms with Gasteiger partial charge in [-0.05, 0) is 30.7 Å². The van der Waals surface area contributed by atoms with Crippen LogP contribution in [0.4, 0.5) is 0 Å². The first-order valence-corrected chi connectivity index (χ1v) is 5.43. The second kappa shape index (κ2) is 4.39. The summed E-state index contributed by atoms with van der Waals surface area (Å²) in [6.07, 6.45) is 0.992. The summed E-state index contributed by atoms with van der Waals surface area (Å²) in [5, 5.41) is 22.1. The zero-order chi connectivity index (χ0) is 10.8. The van der Waals surface area contributed by atoms with Gasteiger partial charge in [-0.25, -0.2) is 0 Å². The molecule has 0 amide bonds. The molecule has 1 aromatic carbocycles. The van der Waals surface area contributed by atoms with E-state index in [0.29, 0.717) is 5.02 Å². The number of nitrogens with one attached hydrogen (secondary N) is 1. The fraction of sp³-hybridized carbons (Fsp3) is 0.455. The molecule has 0 radical (unpaired) electrons. The molecule has 0 spiro atoms. The molecule has 1 heterocycles. The van der Waals surface area contributed by atoms with Crippen molar-refractivity contribution in [2.75, 3.05) is 13.2 Å². The largest absolute Gasteiger partial charge is 0.506 e. The van der Waals surface area contributed by atoms with Gasteiger partial charge in [-0.2, -0.15) is 0 Å². The van der Waals surface area contributed by atoms with Crippen LogP contribution in [0.25, 0.3) is 0 Å². The van der Waals surface area contributed by atoms with E-state index in [-0.39, 0.29) is 24.3 Å². The number of phenols is 1. The van der Waals surface area contributed by atoms with Gasteiger partial charge >= 0.3 is 0 Å². The highest BCUT2D eigenvalue weighted by atomic mass is 35.5. The monoisotopic (exact) mass is 227 g/mol. The number of phenolic OH excluding ortho intramolecular Hbond substituents is 1. The van der Waals surface area contributed by atoms with Crippen LogP contribution >= 0.6 is 11.6 Å². The molecule has 1 aromatic rings. The van der Waals surface area contributed by atoms with Crippen LogP contribution in [-0.2, 0) is 0 Å². The van der Waals surface area contributed by atoms with E-state index in [9.17, 15) is 10.2 Å². The maximum atomic E-state index is 9.31. The molecule has 1 aliphatic rings. The average Bonchev–Trinajstić information content (AvgIpc) is 2.70. The Balaban J connectivity index is 2.25. The van der Waals surface area contributed by atoms with E-state index in [0.717, 1.165) is 18.5 Å². The zero-order valence-electron chi connectivity index (χ0n) is 8.28. The molecule has 15 heavy (non-hydrogen) atoms. The van der Waals surface area contributed by atoms with E-state index in [2.05, 4.69) is 5.32 Å². The minimum atomic E-state index is 0.102. The Labute approximate surface area is 93.7 Å². The van der Waals surface area contributed by atoms with Crippen LogP contribution in [0, 0.1) is 0 Å². The van der Waals surface area contributed by atoms with Crippen molar-refractivity contribution in [1.82, 2.24) is 5.32 Å². The average molecular weight is 228 g/mol. The van der Waals surface area contributed by atoms with Gasteiger partial charge in [0.15, 0.2) is 0 Å². The van der Waals surface area contributed by atoms with Crippen LogP contribution in [0.1, 0.15) is 17.9 Å². The van der Waals surface area contributed by atoms with Crippen LogP contribution in [0.3, 0.4) is 0 Å². The summed E-state index contributed by atoms with van der Waals surface area (Å²) in [6.45, 7) is 1.04. The molecule has 1 fully saturated rings. The van der Waals surface area contributed by atoms with E-state index in [1.807, 2.05) is 6.07 Å². The van der Waals surface area contributed by atoms with Crippen molar-refractivity contribution in [2.45, 2.75) is 18.4 Å². The molecule has 82 valence electrons. The number of hydrogen-bond acceptors (Lipinski definition) is 3. The summed E-state index contributed by atoms with van der Waals surface area (Å²) in [4.78, 5) is 0. The summed E-state index contributed by atoms with van der Waals surface area (Å²) in [5.41, 5.74) is 1.07. The smallest absolute Gasteiger partial charge is 0.134 e. The zero-order valence-corrected chi connectivity index (χ0v) is 9.04. The van der Waals surface area contributed by atoms with Gasteiger partial charge in [0.1, 0.15) is 5.75 Å². The maximum absolute atomic E-state index is 9.31. The lowest BCUT2D eigenvalue weighted by Crippen LogP contribution is -2.29. The van der Waals surface area contributed by atoms with Gasteiger partial charge in [0, 0.05) is 12.0 Å². The highest BCUT2D eigenvalue weighted by Gasteiger charge is 2.27. The Morgan fingerprint density at radius 3 is 2.93 bits per heavy atom. The Bertz CT molecular complexity index is 356. The molecule has 0 bridgehead atoms. The minimum absolute atomic E-state index is 0.102. The van der Waals surface area contributed by atoms with Crippen LogP contribution in [0.2, 0.25) is 5.02 Å². The molecule has 3 nitrogen and oxygen atoms in total. The lowest BCUT2D eigenvalue weighted by molar-refractivity contribution is 0.245. The fourth-order valence-corrected chi connectivity index (χ4v) is 2.30. The molecule has 2 unspecified atom stereocenters. The van der Waals surface area contributed by atoms with Gasteiger partial charge in [0.2, 0.25) is 0 Å². The topological polar surface area (TPSA) is 52.5 Å². The van der Waals surface area contributed by atoms with E-state index in [1.165, 1.54) is 0 Å². The van der Waals surface area contributed by atoms with Gasteiger partial charge in [0.25, 0.3) is 0 Å². The van der Waals surface area contributed by atoms with Crippen LogP contribution in [0.15, 0.2) is 18.2 Å². The number of hydrogen-bond donors (Lipinski definition) is 3. The van der Waals surface area contributed by atoms with Crippen molar-refractivity contribution in [3.05, 3.63) is 28.8 Å². The van der Waals surface area contributed by atoms with E-state index < -0.39 is 0 Å². The predicted molar refractivity (Wildman–Crippen MR) is 59.4 cm³/mol. The van der Waals surface area contributed by atoms with Gasteiger partial charge in [-0.3, -0.25) is 0 Å². The second-order valence-electron chi connectivity index (χ2n) is 3.85. The summed E-state index contributed by atoms with van der Waals surface area (Å²) in [7, 11) is 0. The Kier molecular flexibility index (Phi) is 3.14. The molecule has 0 aromatic heterocycles. The molecule has 1 saturated heterocycles. The molecule has 2 atom stereocenters. The standard InChI is InChI=1S/C11H14ClNO2/c12-9-5-7(1-2-11(9)15)8-3-4-13-10(8)6-14/h1-2,5,8,10,13-15H,3-4,6H2. The summed E-state index contributed by atoms with van der Waals surface area (Å²) >= 11 is 5.85. The third kappa shape index (κ3) is 2.09. The normalized spacial score (nSPS) is 25.7. The summed E-state index contributed by atoms with van der Waals surface area (Å²) in [5.74, 6) is 0.389. The van der Waals surface area contributed by atoms with Gasteiger partial charge < -0.3 is 15.5 Å². The lowest BCUT2D eigenvalue weighted by Gasteiger charge is -2.17. The highest BCUT2D eigenvalue weighted by molar-refractivity contribution is 6.32. The molecule has 0 aliphatic carbocycles. The van der Waals surface area contributed by atoms with E-state index >= 15 is 0 Å².